The molecule has 6 nitrogen and oxygen atoms in total. The van der Waals surface area contributed by atoms with Crippen LogP contribution in [0.4, 0.5) is 5.69 Å². The van der Waals surface area contributed by atoms with Crippen LogP contribution in [0.25, 0.3) is 10.9 Å². The number of carbonyl (C=O) groups excluding carboxylic acids is 1. The normalized spacial score (nSPS) is 11.6. The van der Waals surface area contributed by atoms with Gasteiger partial charge in [0.05, 0.1) is 11.5 Å². The van der Waals surface area contributed by atoms with Crippen LogP contribution in [0.15, 0.2) is 24.3 Å². The summed E-state index contributed by atoms with van der Waals surface area (Å²) in [4.78, 5) is 25.4. The number of hydrogen-bond donors (Lipinski definition) is 1. The second-order valence-electron chi connectivity index (χ2n) is 5.06. The second-order valence-corrected chi connectivity index (χ2v) is 5.06. The van der Waals surface area contributed by atoms with Crippen molar-refractivity contribution < 1.29 is 14.5 Å². The Labute approximate surface area is 115 Å². The van der Waals surface area contributed by atoms with Crippen molar-refractivity contribution in [3.63, 3.8) is 0 Å². The van der Waals surface area contributed by atoms with E-state index in [1.165, 1.54) is 12.1 Å². The highest BCUT2D eigenvalue weighted by Crippen LogP contribution is 2.29. The molecular formula is C14H16N2O4. The Bertz CT molecular complexity index is 673. The molecule has 0 saturated heterocycles. The zero-order chi connectivity index (χ0) is 14.9. The van der Waals surface area contributed by atoms with E-state index in [0.717, 1.165) is 5.52 Å². The van der Waals surface area contributed by atoms with Crippen molar-refractivity contribution in [2.45, 2.75) is 26.2 Å². The van der Waals surface area contributed by atoms with E-state index in [-0.39, 0.29) is 11.7 Å². The van der Waals surface area contributed by atoms with E-state index in [4.69, 9.17) is 4.74 Å². The molecule has 1 heterocycles. The second kappa shape index (κ2) is 4.96. The fraction of sp³-hybridized carbons (Fsp3) is 0.357. The molecule has 2 rings (SSSR count). The van der Waals surface area contributed by atoms with E-state index in [9.17, 15) is 14.9 Å². The van der Waals surface area contributed by atoms with Gasteiger partial charge in [-0.25, -0.2) is 0 Å². The summed E-state index contributed by atoms with van der Waals surface area (Å²) in [6.07, 6.45) is 0. The summed E-state index contributed by atoms with van der Waals surface area (Å²) in [7, 11) is 0. The number of nitrogens with one attached hydrogen (secondary N) is 1. The number of carbonyl (C=O) groups is 1. The van der Waals surface area contributed by atoms with Gasteiger partial charge in [-0.05, 0) is 32.9 Å². The molecule has 6 heteroatoms. The molecule has 1 aromatic heterocycles. The SMILES string of the molecule is CCOC(=O)C(C)(C)c1cc2cc([N+](=O)[O-])ccc2[nH]1. The van der Waals surface area contributed by atoms with Crippen LogP contribution in [0.3, 0.4) is 0 Å². The van der Waals surface area contributed by atoms with Gasteiger partial charge in [-0.2, -0.15) is 0 Å². The van der Waals surface area contributed by atoms with Crippen LogP contribution in [0, 0.1) is 10.1 Å². The summed E-state index contributed by atoms with van der Waals surface area (Å²) in [6, 6.07) is 6.30. The van der Waals surface area contributed by atoms with Gasteiger partial charge in [0.2, 0.25) is 0 Å². The number of fused-ring (bicyclic) bond motifs is 1. The first kappa shape index (κ1) is 14.0. The fourth-order valence-electron chi connectivity index (χ4n) is 1.99. The highest BCUT2D eigenvalue weighted by atomic mass is 16.6. The summed E-state index contributed by atoms with van der Waals surface area (Å²) < 4.78 is 5.05. The smallest absolute Gasteiger partial charge is 0.317 e. The summed E-state index contributed by atoms with van der Waals surface area (Å²) in [5, 5.41) is 11.5. The Kier molecular flexibility index (Phi) is 3.48. The molecule has 0 radical (unpaired) electrons. The average Bonchev–Trinajstić information content (AvgIpc) is 2.82. The monoisotopic (exact) mass is 276 g/mol. The number of ether oxygens (including phenoxy) is 1. The third-order valence-electron chi connectivity index (χ3n) is 3.27. The molecule has 20 heavy (non-hydrogen) atoms. The van der Waals surface area contributed by atoms with Gasteiger partial charge in [0.15, 0.2) is 0 Å². The van der Waals surface area contributed by atoms with E-state index in [0.29, 0.717) is 17.7 Å². The molecule has 0 bridgehead atoms. The summed E-state index contributed by atoms with van der Waals surface area (Å²) >= 11 is 0. The molecule has 0 aliphatic heterocycles. The number of benzene rings is 1. The van der Waals surface area contributed by atoms with Crippen molar-refractivity contribution >= 4 is 22.6 Å². The fourth-order valence-corrected chi connectivity index (χ4v) is 1.99. The highest BCUT2D eigenvalue weighted by Gasteiger charge is 2.33. The standard InChI is InChI=1S/C14H16N2O4/c1-4-20-13(17)14(2,3)12-8-9-7-10(16(18)19)5-6-11(9)15-12/h5-8,15H,4H2,1-3H3. The van der Waals surface area contributed by atoms with Gasteiger partial charge in [-0.3, -0.25) is 14.9 Å². The van der Waals surface area contributed by atoms with Gasteiger partial charge >= 0.3 is 5.97 Å². The molecule has 0 amide bonds. The number of non-ortho nitro benzene ring substituents is 1. The number of nitro groups is 1. The Balaban J connectivity index is 2.46. The quantitative estimate of drug-likeness (QED) is 0.528. The Morgan fingerprint density at radius 1 is 1.40 bits per heavy atom. The van der Waals surface area contributed by atoms with Crippen LogP contribution >= 0.6 is 0 Å². The number of hydrogen-bond acceptors (Lipinski definition) is 4. The lowest BCUT2D eigenvalue weighted by atomic mass is 9.89. The van der Waals surface area contributed by atoms with Crippen molar-refractivity contribution in [2.75, 3.05) is 6.61 Å². The first-order valence-corrected chi connectivity index (χ1v) is 6.31. The molecule has 0 atom stereocenters. The van der Waals surface area contributed by atoms with Crippen molar-refractivity contribution in [1.29, 1.82) is 0 Å². The molecule has 0 spiro atoms. The zero-order valence-electron chi connectivity index (χ0n) is 11.6. The predicted molar refractivity (Wildman–Crippen MR) is 74.6 cm³/mol. The minimum absolute atomic E-state index is 0.0250. The maximum Gasteiger partial charge on any atom is 0.317 e. The third-order valence-corrected chi connectivity index (χ3v) is 3.27. The van der Waals surface area contributed by atoms with Gasteiger partial charge in [-0.15, -0.1) is 0 Å². The molecule has 0 aliphatic rings. The molecule has 1 aromatic carbocycles. The molecule has 0 unspecified atom stereocenters. The molecule has 1 N–H and O–H groups in total. The van der Waals surface area contributed by atoms with Crippen molar-refractivity contribution in [3.8, 4) is 0 Å². The van der Waals surface area contributed by atoms with Crippen LogP contribution in [-0.2, 0) is 14.9 Å². The number of nitro benzene ring substituents is 1. The maximum atomic E-state index is 12.0. The van der Waals surface area contributed by atoms with Crippen LogP contribution < -0.4 is 0 Å². The maximum absolute atomic E-state index is 12.0. The van der Waals surface area contributed by atoms with E-state index in [1.54, 1.807) is 32.9 Å². The highest BCUT2D eigenvalue weighted by molar-refractivity contribution is 5.87. The number of aromatic amines is 1. The average molecular weight is 276 g/mol. The van der Waals surface area contributed by atoms with Crippen LogP contribution in [-0.4, -0.2) is 22.5 Å². The van der Waals surface area contributed by atoms with E-state index in [2.05, 4.69) is 4.98 Å². The van der Waals surface area contributed by atoms with Gasteiger partial charge in [-0.1, -0.05) is 0 Å². The lowest BCUT2D eigenvalue weighted by Crippen LogP contribution is -2.31. The Morgan fingerprint density at radius 3 is 2.70 bits per heavy atom. The first-order chi connectivity index (χ1) is 9.36. The third kappa shape index (κ3) is 2.36. The van der Waals surface area contributed by atoms with Gasteiger partial charge in [0, 0.05) is 28.7 Å². The van der Waals surface area contributed by atoms with Gasteiger partial charge in [0.1, 0.15) is 5.41 Å². The van der Waals surface area contributed by atoms with Gasteiger partial charge < -0.3 is 9.72 Å². The molecule has 2 aromatic rings. The lowest BCUT2D eigenvalue weighted by molar-refractivity contribution is -0.384. The number of aromatic nitrogens is 1. The predicted octanol–water partition coefficient (Wildman–Crippen LogP) is 2.92. The zero-order valence-corrected chi connectivity index (χ0v) is 11.6. The van der Waals surface area contributed by atoms with Crippen molar-refractivity contribution in [3.05, 3.63) is 40.1 Å². The van der Waals surface area contributed by atoms with E-state index in [1.807, 2.05) is 0 Å². The lowest BCUT2D eigenvalue weighted by Gasteiger charge is -2.20. The van der Waals surface area contributed by atoms with Crippen molar-refractivity contribution in [2.24, 2.45) is 0 Å². The summed E-state index contributed by atoms with van der Waals surface area (Å²) in [5.41, 5.74) is 0.621. The Hall–Kier alpha value is -2.37. The number of rotatable bonds is 4. The summed E-state index contributed by atoms with van der Waals surface area (Å²) in [6.45, 7) is 5.57. The number of esters is 1. The van der Waals surface area contributed by atoms with Crippen molar-refractivity contribution in [1.82, 2.24) is 4.98 Å². The molecule has 106 valence electrons. The summed E-state index contributed by atoms with van der Waals surface area (Å²) in [5.74, 6) is -0.332. The minimum Gasteiger partial charge on any atom is -0.465 e. The molecule has 0 fully saturated rings. The molecule has 0 aliphatic carbocycles. The minimum atomic E-state index is -0.830. The topological polar surface area (TPSA) is 85.2 Å². The largest absolute Gasteiger partial charge is 0.465 e. The van der Waals surface area contributed by atoms with Gasteiger partial charge in [0.25, 0.3) is 5.69 Å². The van der Waals surface area contributed by atoms with Crippen LogP contribution in [0.5, 0.6) is 0 Å². The van der Waals surface area contributed by atoms with E-state index >= 15 is 0 Å². The molecule has 0 saturated carbocycles. The number of nitrogens with zero attached hydrogens (tertiary/aromatic N) is 1. The van der Waals surface area contributed by atoms with E-state index < -0.39 is 10.3 Å². The molecular weight excluding hydrogens is 260 g/mol. The Morgan fingerprint density at radius 2 is 2.10 bits per heavy atom. The van der Waals surface area contributed by atoms with Crippen LogP contribution in [0.1, 0.15) is 26.5 Å². The van der Waals surface area contributed by atoms with Crippen LogP contribution in [0.2, 0.25) is 0 Å². The number of H-pyrrole nitrogens is 1. The first-order valence-electron chi connectivity index (χ1n) is 6.31.